The minimum atomic E-state index is -0.537. The normalized spacial score (nSPS) is 12.0. The van der Waals surface area contributed by atoms with Crippen LogP contribution in [0.5, 0.6) is 0 Å². The molecule has 0 radical (unpaired) electrons. The fraction of sp³-hybridized carbons (Fsp3) is 0.667. The quantitative estimate of drug-likeness (QED) is 0.596. The zero-order valence-electron chi connectivity index (χ0n) is 8.46. The molecule has 1 atom stereocenters. The number of carbonyl (C=O) groups excluding carboxylic acids is 1. The van der Waals surface area contributed by atoms with E-state index in [1.165, 1.54) is 12.7 Å². The molecule has 0 bridgehead atoms. The van der Waals surface area contributed by atoms with Crippen molar-refractivity contribution < 1.29 is 9.53 Å². The van der Waals surface area contributed by atoms with Crippen LogP contribution in [0.25, 0.3) is 0 Å². The van der Waals surface area contributed by atoms with Gasteiger partial charge in [0.2, 0.25) is 0 Å². The van der Waals surface area contributed by atoms with Crippen molar-refractivity contribution in [2.45, 2.75) is 20.0 Å². The summed E-state index contributed by atoms with van der Waals surface area (Å²) in [7, 11) is 1.47. The van der Waals surface area contributed by atoms with Crippen molar-refractivity contribution in [3.8, 4) is 0 Å². The molecule has 0 aliphatic rings. The van der Waals surface area contributed by atoms with E-state index in [1.54, 1.807) is 0 Å². The van der Waals surface area contributed by atoms with Gasteiger partial charge in [0.05, 0.1) is 0 Å². The molecule has 13 heavy (non-hydrogen) atoms. The molecule has 0 aliphatic carbocycles. The minimum absolute atomic E-state index is 0.164. The van der Waals surface area contributed by atoms with E-state index in [9.17, 15) is 4.79 Å². The number of nitrogens with two attached hydrogens (primary N) is 1. The molecule has 4 heteroatoms. The summed E-state index contributed by atoms with van der Waals surface area (Å²) < 4.78 is 4.86. The standard InChI is InChI=1S/C9H18N2O2/c1-7(2)4-5-11-9(12)8(6-10)13-3/h4,8H,5-6,10H2,1-3H3,(H,11,12). The van der Waals surface area contributed by atoms with Crippen molar-refractivity contribution in [2.24, 2.45) is 5.73 Å². The number of amides is 1. The maximum Gasteiger partial charge on any atom is 0.250 e. The monoisotopic (exact) mass is 186 g/mol. The lowest BCUT2D eigenvalue weighted by Crippen LogP contribution is -2.40. The molecule has 0 fully saturated rings. The van der Waals surface area contributed by atoms with Crippen LogP contribution in [0.4, 0.5) is 0 Å². The second kappa shape index (κ2) is 6.62. The molecule has 3 N–H and O–H groups in total. The highest BCUT2D eigenvalue weighted by molar-refractivity contribution is 5.81. The van der Waals surface area contributed by atoms with E-state index in [2.05, 4.69) is 5.32 Å². The summed E-state index contributed by atoms with van der Waals surface area (Å²) in [5.41, 5.74) is 6.48. The summed E-state index contributed by atoms with van der Waals surface area (Å²) in [6, 6.07) is 0. The van der Waals surface area contributed by atoms with E-state index in [4.69, 9.17) is 10.5 Å². The van der Waals surface area contributed by atoms with Gasteiger partial charge in [-0.2, -0.15) is 0 Å². The number of hydrogen-bond acceptors (Lipinski definition) is 3. The third-order valence-electron chi connectivity index (χ3n) is 1.58. The molecule has 0 spiro atoms. The highest BCUT2D eigenvalue weighted by atomic mass is 16.5. The van der Waals surface area contributed by atoms with Gasteiger partial charge in [-0.3, -0.25) is 4.79 Å². The summed E-state index contributed by atoms with van der Waals surface area (Å²) in [6.07, 6.45) is 1.40. The molecule has 0 saturated heterocycles. The first kappa shape index (κ1) is 12.1. The maximum absolute atomic E-state index is 11.2. The largest absolute Gasteiger partial charge is 0.370 e. The Kier molecular flexibility index (Phi) is 6.18. The van der Waals surface area contributed by atoms with Gasteiger partial charge in [-0.1, -0.05) is 11.6 Å². The summed E-state index contributed by atoms with van der Waals surface area (Å²) >= 11 is 0. The first-order valence-corrected chi connectivity index (χ1v) is 4.25. The van der Waals surface area contributed by atoms with Gasteiger partial charge in [0.1, 0.15) is 6.10 Å². The van der Waals surface area contributed by atoms with Crippen molar-refractivity contribution in [2.75, 3.05) is 20.2 Å². The van der Waals surface area contributed by atoms with Crippen LogP contribution in [0.3, 0.4) is 0 Å². The number of allylic oxidation sites excluding steroid dienone is 1. The molecule has 0 saturated carbocycles. The predicted molar refractivity (Wildman–Crippen MR) is 52.3 cm³/mol. The minimum Gasteiger partial charge on any atom is -0.370 e. The maximum atomic E-state index is 11.2. The Labute approximate surface area is 79.1 Å². The number of ether oxygens (including phenoxy) is 1. The fourth-order valence-electron chi connectivity index (χ4n) is 0.780. The Morgan fingerprint density at radius 2 is 2.23 bits per heavy atom. The van der Waals surface area contributed by atoms with E-state index in [-0.39, 0.29) is 12.5 Å². The predicted octanol–water partition coefficient (Wildman–Crippen LogP) is 0.0425. The van der Waals surface area contributed by atoms with Gasteiger partial charge >= 0.3 is 0 Å². The smallest absolute Gasteiger partial charge is 0.250 e. The number of rotatable bonds is 5. The Morgan fingerprint density at radius 1 is 1.62 bits per heavy atom. The third-order valence-corrected chi connectivity index (χ3v) is 1.58. The van der Waals surface area contributed by atoms with Crippen LogP contribution in [0.2, 0.25) is 0 Å². The SMILES string of the molecule is COC(CN)C(=O)NCC=C(C)C. The van der Waals surface area contributed by atoms with Crippen LogP contribution < -0.4 is 11.1 Å². The Bertz CT molecular complexity index is 182. The van der Waals surface area contributed by atoms with Crippen molar-refractivity contribution in [1.29, 1.82) is 0 Å². The van der Waals surface area contributed by atoms with Crippen molar-refractivity contribution in [3.05, 3.63) is 11.6 Å². The van der Waals surface area contributed by atoms with Crippen LogP contribution >= 0.6 is 0 Å². The van der Waals surface area contributed by atoms with Gasteiger partial charge in [0.15, 0.2) is 0 Å². The number of hydrogen-bond donors (Lipinski definition) is 2. The number of carbonyl (C=O) groups is 1. The first-order chi connectivity index (χ1) is 6.11. The van der Waals surface area contributed by atoms with Crippen LogP contribution in [0.1, 0.15) is 13.8 Å². The summed E-state index contributed by atoms with van der Waals surface area (Å²) in [5, 5.41) is 2.70. The molecule has 1 unspecified atom stereocenters. The van der Waals surface area contributed by atoms with Gasteiger partial charge in [-0.25, -0.2) is 0 Å². The van der Waals surface area contributed by atoms with E-state index < -0.39 is 6.10 Å². The molecule has 0 heterocycles. The molecule has 1 amide bonds. The Morgan fingerprint density at radius 3 is 2.62 bits per heavy atom. The zero-order valence-corrected chi connectivity index (χ0v) is 8.46. The number of methoxy groups -OCH3 is 1. The molecular weight excluding hydrogens is 168 g/mol. The zero-order chi connectivity index (χ0) is 10.3. The molecule has 0 aromatic carbocycles. The Hall–Kier alpha value is -0.870. The van der Waals surface area contributed by atoms with Gasteiger partial charge in [-0.15, -0.1) is 0 Å². The number of nitrogens with one attached hydrogen (secondary N) is 1. The second-order valence-corrected chi connectivity index (χ2v) is 2.99. The van der Waals surface area contributed by atoms with Gasteiger partial charge in [0, 0.05) is 20.2 Å². The molecule has 0 aromatic heterocycles. The average molecular weight is 186 g/mol. The fourth-order valence-corrected chi connectivity index (χ4v) is 0.780. The van der Waals surface area contributed by atoms with Crippen molar-refractivity contribution in [1.82, 2.24) is 5.32 Å². The van der Waals surface area contributed by atoms with E-state index in [0.717, 1.165) is 0 Å². The topological polar surface area (TPSA) is 64.3 Å². The molecule has 0 rings (SSSR count). The summed E-state index contributed by atoms with van der Waals surface area (Å²) in [4.78, 5) is 11.2. The molecule has 0 aromatic rings. The molecule has 0 aliphatic heterocycles. The van der Waals surface area contributed by atoms with E-state index in [1.807, 2.05) is 19.9 Å². The lowest BCUT2D eigenvalue weighted by atomic mass is 10.3. The highest BCUT2D eigenvalue weighted by Gasteiger charge is 2.13. The Balaban J connectivity index is 3.79. The van der Waals surface area contributed by atoms with E-state index in [0.29, 0.717) is 6.54 Å². The molecule has 76 valence electrons. The average Bonchev–Trinajstić information content (AvgIpc) is 2.05. The van der Waals surface area contributed by atoms with Crippen LogP contribution in [-0.4, -0.2) is 32.2 Å². The molecule has 4 nitrogen and oxygen atoms in total. The summed E-state index contributed by atoms with van der Waals surface area (Å²) in [5.74, 6) is -0.164. The highest BCUT2D eigenvalue weighted by Crippen LogP contribution is 1.88. The van der Waals surface area contributed by atoms with Gasteiger partial charge in [-0.05, 0) is 13.8 Å². The third kappa shape index (κ3) is 5.38. The second-order valence-electron chi connectivity index (χ2n) is 2.99. The lowest BCUT2D eigenvalue weighted by molar-refractivity contribution is -0.130. The van der Waals surface area contributed by atoms with Gasteiger partial charge in [0.25, 0.3) is 5.91 Å². The van der Waals surface area contributed by atoms with E-state index >= 15 is 0 Å². The van der Waals surface area contributed by atoms with Gasteiger partial charge < -0.3 is 15.8 Å². The van der Waals surface area contributed by atoms with Crippen molar-refractivity contribution in [3.63, 3.8) is 0 Å². The van der Waals surface area contributed by atoms with Crippen LogP contribution in [0, 0.1) is 0 Å². The molecular formula is C9H18N2O2. The first-order valence-electron chi connectivity index (χ1n) is 4.25. The van der Waals surface area contributed by atoms with Crippen LogP contribution in [0.15, 0.2) is 11.6 Å². The lowest BCUT2D eigenvalue weighted by Gasteiger charge is -2.11. The van der Waals surface area contributed by atoms with Crippen LogP contribution in [-0.2, 0) is 9.53 Å². The van der Waals surface area contributed by atoms with Crippen molar-refractivity contribution >= 4 is 5.91 Å². The summed E-state index contributed by atoms with van der Waals surface area (Å²) in [6.45, 7) is 4.68.